The van der Waals surface area contributed by atoms with Gasteiger partial charge in [0.15, 0.2) is 5.79 Å². The molecule has 1 amide bonds. The van der Waals surface area contributed by atoms with Crippen LogP contribution in [0.15, 0.2) is 24.3 Å². The van der Waals surface area contributed by atoms with Gasteiger partial charge in [-0.05, 0) is 65.0 Å². The third-order valence-corrected chi connectivity index (χ3v) is 4.48. The lowest BCUT2D eigenvalue weighted by Gasteiger charge is -2.44. The summed E-state index contributed by atoms with van der Waals surface area (Å²) in [7, 11) is 0. The summed E-state index contributed by atoms with van der Waals surface area (Å²) in [5, 5.41) is 3.01. The molecule has 0 saturated carbocycles. The lowest BCUT2D eigenvalue weighted by molar-refractivity contribution is -0.271. The Labute approximate surface area is 157 Å². The average Bonchev–Trinajstić information content (AvgIpc) is 2.54. The highest BCUT2D eigenvalue weighted by Crippen LogP contribution is 2.27. The van der Waals surface area contributed by atoms with Crippen molar-refractivity contribution >= 4 is 6.09 Å². The summed E-state index contributed by atoms with van der Waals surface area (Å²) in [6, 6.07) is 8.60. The van der Waals surface area contributed by atoms with Crippen LogP contribution in [0.1, 0.15) is 59.1 Å². The van der Waals surface area contributed by atoms with Crippen LogP contribution in [-0.2, 0) is 27.1 Å². The fraction of sp³-hybridized carbons (Fsp3) is 0.667. The second-order valence-corrected chi connectivity index (χ2v) is 8.55. The highest BCUT2D eigenvalue weighted by Gasteiger charge is 2.41. The van der Waals surface area contributed by atoms with E-state index in [1.807, 2.05) is 34.6 Å². The topological polar surface area (TPSA) is 56.8 Å². The standard InChI is InChI=1S/C21H33NO4/c1-7-16-8-10-17(11-9-16)12-13-21(14-24-20(5,6)25-15-21)22-18(23)26-19(2,3)4/h8-11H,7,12-15H2,1-6H3,(H,22,23). The maximum Gasteiger partial charge on any atom is 0.408 e. The van der Waals surface area contributed by atoms with Crippen LogP contribution in [0.5, 0.6) is 0 Å². The van der Waals surface area contributed by atoms with Gasteiger partial charge < -0.3 is 19.5 Å². The molecule has 1 aromatic rings. The van der Waals surface area contributed by atoms with E-state index < -0.39 is 23.0 Å². The van der Waals surface area contributed by atoms with Gasteiger partial charge >= 0.3 is 6.09 Å². The van der Waals surface area contributed by atoms with Gasteiger partial charge in [-0.2, -0.15) is 0 Å². The van der Waals surface area contributed by atoms with Crippen LogP contribution < -0.4 is 5.32 Å². The van der Waals surface area contributed by atoms with Gasteiger partial charge in [-0.25, -0.2) is 4.79 Å². The van der Waals surface area contributed by atoms with E-state index in [0.717, 1.165) is 12.8 Å². The number of hydrogen-bond acceptors (Lipinski definition) is 4. The normalized spacial score (nSPS) is 19.0. The molecule has 0 unspecified atom stereocenters. The largest absolute Gasteiger partial charge is 0.444 e. The van der Waals surface area contributed by atoms with Crippen LogP contribution in [0.3, 0.4) is 0 Å². The SMILES string of the molecule is CCc1ccc(CCC2(NC(=O)OC(C)(C)C)COC(C)(C)OC2)cc1. The Morgan fingerprint density at radius 2 is 1.65 bits per heavy atom. The summed E-state index contributed by atoms with van der Waals surface area (Å²) in [5.74, 6) is -0.637. The molecular formula is C21H33NO4. The summed E-state index contributed by atoms with van der Waals surface area (Å²) in [4.78, 5) is 12.3. The first-order chi connectivity index (χ1) is 12.0. The first-order valence-corrected chi connectivity index (χ1v) is 9.39. The van der Waals surface area contributed by atoms with Crippen LogP contribution in [-0.4, -0.2) is 36.2 Å². The number of hydrogen-bond donors (Lipinski definition) is 1. The number of aryl methyl sites for hydroxylation is 2. The van der Waals surface area contributed by atoms with E-state index in [2.05, 4.69) is 36.5 Å². The molecule has 1 aliphatic rings. The van der Waals surface area contributed by atoms with Crippen molar-refractivity contribution < 1.29 is 19.0 Å². The van der Waals surface area contributed by atoms with E-state index in [1.54, 1.807) is 0 Å². The average molecular weight is 363 g/mol. The van der Waals surface area contributed by atoms with Crippen LogP contribution in [0.4, 0.5) is 4.79 Å². The molecule has 1 aliphatic heterocycles. The first-order valence-electron chi connectivity index (χ1n) is 9.39. The molecule has 0 bridgehead atoms. The third kappa shape index (κ3) is 6.29. The zero-order chi connectivity index (χ0) is 19.4. The van der Waals surface area contributed by atoms with Gasteiger partial charge in [0.1, 0.15) is 5.60 Å². The Hall–Kier alpha value is -1.59. The molecule has 0 radical (unpaired) electrons. The van der Waals surface area contributed by atoms with Crippen molar-refractivity contribution in [2.24, 2.45) is 0 Å². The molecule has 2 rings (SSSR count). The van der Waals surface area contributed by atoms with E-state index in [-0.39, 0.29) is 0 Å². The van der Waals surface area contributed by atoms with Crippen LogP contribution in [0.25, 0.3) is 0 Å². The van der Waals surface area contributed by atoms with Gasteiger partial charge in [-0.15, -0.1) is 0 Å². The fourth-order valence-electron chi connectivity index (χ4n) is 2.83. The second-order valence-electron chi connectivity index (χ2n) is 8.55. The highest BCUT2D eigenvalue weighted by atomic mass is 16.7. The number of nitrogens with one attached hydrogen (secondary N) is 1. The molecule has 1 aromatic carbocycles. The third-order valence-electron chi connectivity index (χ3n) is 4.48. The van der Waals surface area contributed by atoms with Gasteiger partial charge in [0, 0.05) is 0 Å². The number of benzene rings is 1. The quantitative estimate of drug-likeness (QED) is 0.851. The zero-order valence-electron chi connectivity index (χ0n) is 17.0. The molecule has 0 atom stereocenters. The van der Waals surface area contributed by atoms with Gasteiger partial charge in [-0.3, -0.25) is 0 Å². The first kappa shape index (κ1) is 20.7. The zero-order valence-corrected chi connectivity index (χ0v) is 17.0. The number of alkyl carbamates (subject to hydrolysis) is 1. The lowest BCUT2D eigenvalue weighted by atomic mass is 9.91. The molecule has 0 spiro atoms. The molecule has 1 saturated heterocycles. The molecule has 26 heavy (non-hydrogen) atoms. The van der Waals surface area contributed by atoms with Crippen molar-refractivity contribution in [3.05, 3.63) is 35.4 Å². The fourth-order valence-corrected chi connectivity index (χ4v) is 2.83. The predicted octanol–water partition coefficient (Wildman–Crippen LogP) is 4.23. The van der Waals surface area contributed by atoms with Crippen molar-refractivity contribution in [3.63, 3.8) is 0 Å². The van der Waals surface area contributed by atoms with Crippen molar-refractivity contribution in [1.82, 2.24) is 5.32 Å². The van der Waals surface area contributed by atoms with Crippen LogP contribution in [0.2, 0.25) is 0 Å². The molecule has 0 aromatic heterocycles. The van der Waals surface area contributed by atoms with Crippen molar-refractivity contribution in [1.29, 1.82) is 0 Å². The van der Waals surface area contributed by atoms with Crippen molar-refractivity contribution in [2.75, 3.05) is 13.2 Å². The minimum Gasteiger partial charge on any atom is -0.444 e. The molecule has 1 N–H and O–H groups in total. The van der Waals surface area contributed by atoms with Crippen LogP contribution >= 0.6 is 0 Å². The minimum absolute atomic E-state index is 0.395. The maximum absolute atomic E-state index is 12.3. The van der Waals surface area contributed by atoms with E-state index >= 15 is 0 Å². The Morgan fingerprint density at radius 3 is 2.15 bits per heavy atom. The predicted molar refractivity (Wildman–Crippen MR) is 102 cm³/mol. The molecule has 1 fully saturated rings. The van der Waals surface area contributed by atoms with Crippen molar-refractivity contribution in [3.8, 4) is 0 Å². The van der Waals surface area contributed by atoms with Crippen molar-refractivity contribution in [2.45, 2.75) is 77.7 Å². The number of carbonyl (C=O) groups excluding carboxylic acids is 1. The number of ether oxygens (including phenoxy) is 3. The molecule has 146 valence electrons. The van der Waals surface area contributed by atoms with Gasteiger partial charge in [0.05, 0.1) is 18.8 Å². The van der Waals surface area contributed by atoms with Gasteiger partial charge in [0.2, 0.25) is 0 Å². The number of rotatable bonds is 5. The molecule has 5 heteroatoms. The summed E-state index contributed by atoms with van der Waals surface area (Å²) >= 11 is 0. The Morgan fingerprint density at radius 1 is 1.12 bits per heavy atom. The van der Waals surface area contributed by atoms with E-state index in [1.165, 1.54) is 11.1 Å². The summed E-state index contributed by atoms with van der Waals surface area (Å²) < 4.78 is 17.1. The van der Waals surface area contributed by atoms with Gasteiger partial charge in [0.25, 0.3) is 0 Å². The Bertz CT molecular complexity index is 591. The summed E-state index contributed by atoms with van der Waals surface area (Å²) in [6.45, 7) is 12.3. The van der Waals surface area contributed by atoms with E-state index in [4.69, 9.17) is 14.2 Å². The maximum atomic E-state index is 12.3. The Kier molecular flexibility index (Phi) is 6.35. The molecular weight excluding hydrogens is 330 g/mol. The monoisotopic (exact) mass is 363 g/mol. The molecule has 0 aliphatic carbocycles. The molecule has 1 heterocycles. The summed E-state index contributed by atoms with van der Waals surface area (Å²) in [5.41, 5.74) is 1.41. The van der Waals surface area contributed by atoms with E-state index in [0.29, 0.717) is 19.6 Å². The smallest absolute Gasteiger partial charge is 0.408 e. The van der Waals surface area contributed by atoms with Crippen LogP contribution in [0, 0.1) is 0 Å². The lowest BCUT2D eigenvalue weighted by Crippen LogP contribution is -2.61. The summed E-state index contributed by atoms with van der Waals surface area (Å²) in [6.07, 6.45) is 2.13. The highest BCUT2D eigenvalue weighted by molar-refractivity contribution is 5.69. The number of carbonyl (C=O) groups is 1. The molecule has 5 nitrogen and oxygen atoms in total. The minimum atomic E-state index is -0.637. The number of amides is 1. The Balaban J connectivity index is 2.06. The second kappa shape index (κ2) is 7.97. The van der Waals surface area contributed by atoms with E-state index in [9.17, 15) is 4.79 Å². The van der Waals surface area contributed by atoms with Gasteiger partial charge in [-0.1, -0.05) is 31.2 Å².